The van der Waals surface area contributed by atoms with Crippen molar-refractivity contribution in [2.45, 2.75) is 45.1 Å². The highest BCUT2D eigenvalue weighted by atomic mass is 35.5. The first-order valence-electron chi connectivity index (χ1n) is 7.53. The molecule has 0 saturated carbocycles. The Hall–Kier alpha value is -1.26. The minimum absolute atomic E-state index is 0.0104. The Morgan fingerprint density at radius 2 is 2.38 bits per heavy atom. The van der Waals surface area contributed by atoms with Crippen LogP contribution in [-0.4, -0.2) is 25.2 Å². The Labute approximate surface area is 130 Å². The maximum atomic E-state index is 11.9. The van der Waals surface area contributed by atoms with Crippen molar-refractivity contribution in [3.8, 4) is 5.75 Å². The molecule has 1 fully saturated rings. The van der Waals surface area contributed by atoms with Crippen LogP contribution in [0.5, 0.6) is 5.75 Å². The normalized spacial score (nSPS) is 17.7. The summed E-state index contributed by atoms with van der Waals surface area (Å²) in [5.41, 5.74) is 0.696. The van der Waals surface area contributed by atoms with Gasteiger partial charge in [0.1, 0.15) is 5.75 Å². The number of rotatable bonds is 7. The van der Waals surface area contributed by atoms with Gasteiger partial charge in [0.2, 0.25) is 5.91 Å². The largest absolute Gasteiger partial charge is 0.492 e. The summed E-state index contributed by atoms with van der Waals surface area (Å²) in [6.07, 6.45) is 4.57. The molecule has 5 heteroatoms. The van der Waals surface area contributed by atoms with Gasteiger partial charge < -0.3 is 14.8 Å². The molecule has 1 aliphatic heterocycles. The van der Waals surface area contributed by atoms with Crippen molar-refractivity contribution in [1.82, 2.24) is 0 Å². The Morgan fingerprint density at radius 3 is 3.05 bits per heavy atom. The van der Waals surface area contributed by atoms with Gasteiger partial charge in [0, 0.05) is 18.7 Å². The zero-order chi connectivity index (χ0) is 15.1. The van der Waals surface area contributed by atoms with E-state index in [9.17, 15) is 4.79 Å². The molecule has 0 aromatic heterocycles. The van der Waals surface area contributed by atoms with Crippen LogP contribution in [0, 0.1) is 0 Å². The first-order valence-corrected chi connectivity index (χ1v) is 7.90. The summed E-state index contributed by atoms with van der Waals surface area (Å²) in [4.78, 5) is 11.9. The molecule has 1 heterocycles. The van der Waals surface area contributed by atoms with Gasteiger partial charge in [-0.1, -0.05) is 18.5 Å². The molecule has 116 valence electrons. The average molecular weight is 312 g/mol. The highest BCUT2D eigenvalue weighted by Gasteiger charge is 2.16. The molecule has 1 unspecified atom stereocenters. The zero-order valence-corrected chi connectivity index (χ0v) is 13.1. The smallest absolute Gasteiger partial charge is 0.224 e. The number of hydrogen-bond donors (Lipinski definition) is 1. The molecular weight excluding hydrogens is 290 g/mol. The van der Waals surface area contributed by atoms with E-state index in [0.717, 1.165) is 32.3 Å². The number of anilines is 1. The van der Waals surface area contributed by atoms with Crippen LogP contribution in [0.15, 0.2) is 18.2 Å². The summed E-state index contributed by atoms with van der Waals surface area (Å²) in [5.74, 6) is 0.639. The van der Waals surface area contributed by atoms with E-state index < -0.39 is 0 Å². The third kappa shape index (κ3) is 5.21. The van der Waals surface area contributed by atoms with Gasteiger partial charge in [0.25, 0.3) is 0 Å². The van der Waals surface area contributed by atoms with E-state index in [1.165, 1.54) is 0 Å². The van der Waals surface area contributed by atoms with Gasteiger partial charge in [-0.15, -0.1) is 0 Å². The summed E-state index contributed by atoms with van der Waals surface area (Å²) in [5, 5.41) is 3.37. The van der Waals surface area contributed by atoms with Crippen molar-refractivity contribution in [2.75, 3.05) is 18.5 Å². The quantitative estimate of drug-likeness (QED) is 0.827. The van der Waals surface area contributed by atoms with Crippen LogP contribution in [0.3, 0.4) is 0 Å². The second-order valence-electron chi connectivity index (χ2n) is 5.22. The average Bonchev–Trinajstić information content (AvgIpc) is 2.98. The monoisotopic (exact) mass is 311 g/mol. The summed E-state index contributed by atoms with van der Waals surface area (Å²) in [6, 6.07) is 5.31. The third-order valence-corrected chi connectivity index (χ3v) is 3.69. The molecule has 1 saturated heterocycles. The molecule has 0 radical (unpaired) electrons. The van der Waals surface area contributed by atoms with E-state index in [-0.39, 0.29) is 12.0 Å². The SMILES string of the molecule is CCCOc1ccc(NC(=O)CCC2CCCO2)cc1Cl. The summed E-state index contributed by atoms with van der Waals surface area (Å²) in [7, 11) is 0. The molecule has 1 atom stereocenters. The lowest BCUT2D eigenvalue weighted by atomic mass is 10.1. The predicted molar refractivity (Wildman–Crippen MR) is 84.1 cm³/mol. The van der Waals surface area contributed by atoms with E-state index in [1.54, 1.807) is 18.2 Å². The lowest BCUT2D eigenvalue weighted by Gasteiger charge is -2.11. The van der Waals surface area contributed by atoms with Crippen LogP contribution >= 0.6 is 11.6 Å². The molecule has 2 rings (SSSR count). The second-order valence-corrected chi connectivity index (χ2v) is 5.62. The molecule has 0 aliphatic carbocycles. The van der Waals surface area contributed by atoms with E-state index in [0.29, 0.717) is 29.5 Å². The van der Waals surface area contributed by atoms with Crippen molar-refractivity contribution >= 4 is 23.2 Å². The standard InChI is InChI=1S/C16H22ClNO3/c1-2-9-21-15-7-5-12(11-14(15)17)18-16(19)8-6-13-4-3-10-20-13/h5,7,11,13H,2-4,6,8-10H2,1H3,(H,18,19). The van der Waals surface area contributed by atoms with E-state index >= 15 is 0 Å². The zero-order valence-electron chi connectivity index (χ0n) is 12.4. The molecule has 1 amide bonds. The Morgan fingerprint density at radius 1 is 1.52 bits per heavy atom. The molecular formula is C16H22ClNO3. The van der Waals surface area contributed by atoms with Crippen molar-refractivity contribution in [2.24, 2.45) is 0 Å². The highest BCUT2D eigenvalue weighted by molar-refractivity contribution is 6.32. The Bertz CT molecular complexity index is 473. The number of hydrogen-bond acceptors (Lipinski definition) is 3. The maximum Gasteiger partial charge on any atom is 0.224 e. The fourth-order valence-corrected chi connectivity index (χ4v) is 2.53. The van der Waals surface area contributed by atoms with Gasteiger partial charge >= 0.3 is 0 Å². The van der Waals surface area contributed by atoms with Crippen LogP contribution in [0.25, 0.3) is 0 Å². The first-order chi connectivity index (χ1) is 10.2. The minimum Gasteiger partial charge on any atom is -0.492 e. The molecule has 1 aromatic carbocycles. The van der Waals surface area contributed by atoms with Gasteiger partial charge in [-0.25, -0.2) is 0 Å². The molecule has 1 aromatic rings. The van der Waals surface area contributed by atoms with Crippen molar-refractivity contribution < 1.29 is 14.3 Å². The van der Waals surface area contributed by atoms with Crippen LogP contribution in [0.1, 0.15) is 39.0 Å². The lowest BCUT2D eigenvalue weighted by Crippen LogP contribution is -2.15. The minimum atomic E-state index is -0.0104. The topological polar surface area (TPSA) is 47.6 Å². The Kier molecular flexibility index (Phi) is 6.33. The van der Waals surface area contributed by atoms with Gasteiger partial charge in [-0.05, 0) is 43.9 Å². The highest BCUT2D eigenvalue weighted by Crippen LogP contribution is 2.28. The van der Waals surface area contributed by atoms with Crippen molar-refractivity contribution in [3.63, 3.8) is 0 Å². The van der Waals surface area contributed by atoms with Gasteiger partial charge in [0.05, 0.1) is 17.7 Å². The van der Waals surface area contributed by atoms with Crippen molar-refractivity contribution in [1.29, 1.82) is 0 Å². The molecule has 21 heavy (non-hydrogen) atoms. The summed E-state index contributed by atoms with van der Waals surface area (Å²) >= 11 is 6.13. The number of nitrogens with one attached hydrogen (secondary N) is 1. The molecule has 4 nitrogen and oxygen atoms in total. The van der Waals surface area contributed by atoms with Crippen LogP contribution in [0.4, 0.5) is 5.69 Å². The predicted octanol–water partition coefficient (Wildman–Crippen LogP) is 4.03. The molecule has 0 bridgehead atoms. The van der Waals surface area contributed by atoms with Crippen LogP contribution < -0.4 is 10.1 Å². The van der Waals surface area contributed by atoms with Crippen LogP contribution in [0.2, 0.25) is 5.02 Å². The fraction of sp³-hybridized carbons (Fsp3) is 0.562. The van der Waals surface area contributed by atoms with Gasteiger partial charge in [-0.3, -0.25) is 4.79 Å². The van der Waals surface area contributed by atoms with E-state index in [4.69, 9.17) is 21.1 Å². The van der Waals surface area contributed by atoms with Crippen molar-refractivity contribution in [3.05, 3.63) is 23.2 Å². The van der Waals surface area contributed by atoms with Gasteiger partial charge in [0.15, 0.2) is 0 Å². The third-order valence-electron chi connectivity index (χ3n) is 3.39. The van der Waals surface area contributed by atoms with E-state index in [2.05, 4.69) is 5.32 Å². The first kappa shape index (κ1) is 16.1. The molecule has 1 aliphatic rings. The second kappa shape index (κ2) is 8.25. The molecule has 1 N–H and O–H groups in total. The number of carbonyl (C=O) groups excluding carboxylic acids is 1. The molecule has 0 spiro atoms. The maximum absolute atomic E-state index is 11.9. The van der Waals surface area contributed by atoms with E-state index in [1.807, 2.05) is 6.92 Å². The number of carbonyl (C=O) groups is 1. The van der Waals surface area contributed by atoms with Gasteiger partial charge in [-0.2, -0.15) is 0 Å². The number of benzene rings is 1. The number of ether oxygens (including phenoxy) is 2. The number of halogens is 1. The van der Waals surface area contributed by atoms with Crippen LogP contribution in [-0.2, 0) is 9.53 Å². The summed E-state index contributed by atoms with van der Waals surface area (Å²) < 4.78 is 11.0. The Balaban J connectivity index is 1.81. The fourth-order valence-electron chi connectivity index (χ4n) is 2.30. The number of amides is 1. The lowest BCUT2D eigenvalue weighted by molar-refractivity contribution is -0.116. The summed E-state index contributed by atoms with van der Waals surface area (Å²) in [6.45, 7) is 3.49.